The van der Waals surface area contributed by atoms with Crippen LogP contribution >= 0.6 is 27.3 Å². The number of hydrogen-bond donors (Lipinski definition) is 2. The Hall–Kier alpha value is -2.18. The van der Waals surface area contributed by atoms with Gasteiger partial charge in [-0.15, -0.1) is 11.3 Å². The molecule has 2 N–H and O–H groups in total. The molecular weight excluding hydrogens is 386 g/mol. The lowest BCUT2D eigenvalue weighted by atomic mass is 10.1. The molecule has 0 radical (unpaired) electrons. The van der Waals surface area contributed by atoms with Gasteiger partial charge < -0.3 is 0 Å². The Morgan fingerprint density at radius 1 is 1.08 bits per heavy atom. The SMILES string of the molecule is O=C(CCc1ccccc1)NNc1nc(-c2ccc(Br)cc2)cs1. The van der Waals surface area contributed by atoms with Crippen LogP contribution in [0.15, 0.2) is 64.5 Å². The zero-order chi connectivity index (χ0) is 16.8. The van der Waals surface area contributed by atoms with E-state index in [-0.39, 0.29) is 5.91 Å². The molecule has 0 saturated heterocycles. The Labute approximate surface area is 153 Å². The van der Waals surface area contributed by atoms with Crippen molar-refractivity contribution < 1.29 is 4.79 Å². The lowest BCUT2D eigenvalue weighted by molar-refractivity contribution is -0.120. The van der Waals surface area contributed by atoms with E-state index in [1.165, 1.54) is 11.3 Å². The summed E-state index contributed by atoms with van der Waals surface area (Å²) in [5.74, 6) is -0.0563. The number of carbonyl (C=O) groups excluding carboxylic acids is 1. The first-order valence-electron chi connectivity index (χ1n) is 7.51. The number of nitrogens with one attached hydrogen (secondary N) is 2. The lowest BCUT2D eigenvalue weighted by Gasteiger charge is -2.05. The standard InChI is InChI=1S/C18H16BrN3OS/c19-15-9-7-14(8-10-15)16-12-24-18(20-16)22-21-17(23)11-6-13-4-2-1-3-5-13/h1-5,7-10,12H,6,11H2,(H,20,22)(H,21,23). The molecule has 0 unspecified atom stereocenters. The molecule has 0 bridgehead atoms. The molecule has 0 spiro atoms. The summed E-state index contributed by atoms with van der Waals surface area (Å²) in [7, 11) is 0. The van der Waals surface area contributed by atoms with Crippen LogP contribution in [0.4, 0.5) is 5.13 Å². The monoisotopic (exact) mass is 401 g/mol. The average molecular weight is 402 g/mol. The zero-order valence-electron chi connectivity index (χ0n) is 12.8. The highest BCUT2D eigenvalue weighted by Gasteiger charge is 2.06. The van der Waals surface area contributed by atoms with E-state index in [2.05, 4.69) is 31.8 Å². The number of rotatable bonds is 6. The number of aryl methyl sites for hydroxylation is 1. The van der Waals surface area contributed by atoms with Crippen molar-refractivity contribution in [2.24, 2.45) is 0 Å². The molecule has 0 aliphatic heterocycles. The van der Waals surface area contributed by atoms with E-state index in [1.54, 1.807) is 0 Å². The molecule has 24 heavy (non-hydrogen) atoms. The highest BCUT2D eigenvalue weighted by molar-refractivity contribution is 9.10. The third kappa shape index (κ3) is 4.66. The van der Waals surface area contributed by atoms with E-state index < -0.39 is 0 Å². The molecule has 0 fully saturated rings. The van der Waals surface area contributed by atoms with Crippen LogP contribution in [0.25, 0.3) is 11.3 Å². The van der Waals surface area contributed by atoms with Gasteiger partial charge in [-0.2, -0.15) is 0 Å². The highest BCUT2D eigenvalue weighted by Crippen LogP contribution is 2.25. The van der Waals surface area contributed by atoms with Crippen LogP contribution in [0.1, 0.15) is 12.0 Å². The van der Waals surface area contributed by atoms with E-state index in [1.807, 2.05) is 60.0 Å². The van der Waals surface area contributed by atoms with Crippen molar-refractivity contribution in [2.45, 2.75) is 12.8 Å². The number of anilines is 1. The van der Waals surface area contributed by atoms with E-state index in [4.69, 9.17) is 0 Å². The number of hydrazine groups is 1. The van der Waals surface area contributed by atoms with Crippen LogP contribution in [0, 0.1) is 0 Å². The lowest BCUT2D eigenvalue weighted by Crippen LogP contribution is -2.29. The van der Waals surface area contributed by atoms with Crippen molar-refractivity contribution >= 4 is 38.3 Å². The van der Waals surface area contributed by atoms with Crippen LogP contribution in [0.2, 0.25) is 0 Å². The first-order valence-corrected chi connectivity index (χ1v) is 9.18. The minimum atomic E-state index is -0.0563. The maximum Gasteiger partial charge on any atom is 0.238 e. The number of nitrogens with zero attached hydrogens (tertiary/aromatic N) is 1. The predicted molar refractivity (Wildman–Crippen MR) is 102 cm³/mol. The topological polar surface area (TPSA) is 54.0 Å². The normalized spacial score (nSPS) is 10.4. The molecule has 4 nitrogen and oxygen atoms in total. The van der Waals surface area contributed by atoms with Crippen molar-refractivity contribution in [3.05, 3.63) is 70.0 Å². The van der Waals surface area contributed by atoms with Crippen molar-refractivity contribution in [1.82, 2.24) is 10.4 Å². The summed E-state index contributed by atoms with van der Waals surface area (Å²) < 4.78 is 1.03. The van der Waals surface area contributed by atoms with E-state index in [0.29, 0.717) is 11.6 Å². The Morgan fingerprint density at radius 2 is 1.83 bits per heavy atom. The van der Waals surface area contributed by atoms with E-state index >= 15 is 0 Å². The Morgan fingerprint density at radius 3 is 2.58 bits per heavy atom. The minimum absolute atomic E-state index is 0.0563. The summed E-state index contributed by atoms with van der Waals surface area (Å²) in [4.78, 5) is 16.4. The molecule has 1 amide bonds. The smallest absolute Gasteiger partial charge is 0.238 e. The number of hydrogen-bond acceptors (Lipinski definition) is 4. The fourth-order valence-corrected chi connectivity index (χ4v) is 3.11. The van der Waals surface area contributed by atoms with Gasteiger partial charge in [-0.1, -0.05) is 58.4 Å². The molecule has 3 aromatic rings. The third-order valence-electron chi connectivity index (χ3n) is 3.44. The predicted octanol–water partition coefficient (Wildman–Crippen LogP) is 4.65. The van der Waals surface area contributed by atoms with Crippen molar-refractivity contribution in [1.29, 1.82) is 0 Å². The summed E-state index contributed by atoms with van der Waals surface area (Å²) in [6.45, 7) is 0. The quantitative estimate of drug-likeness (QED) is 0.591. The molecule has 0 atom stereocenters. The Balaban J connectivity index is 1.50. The first kappa shape index (κ1) is 16.7. The Kier molecular flexibility index (Phi) is 5.61. The molecule has 3 rings (SSSR count). The highest BCUT2D eigenvalue weighted by atomic mass is 79.9. The summed E-state index contributed by atoms with van der Waals surface area (Å²) in [5.41, 5.74) is 8.65. The number of carbonyl (C=O) groups is 1. The van der Waals surface area contributed by atoms with Gasteiger partial charge in [0.05, 0.1) is 5.69 Å². The van der Waals surface area contributed by atoms with Gasteiger partial charge in [-0.25, -0.2) is 4.98 Å². The molecule has 1 aromatic heterocycles. The molecule has 0 aliphatic carbocycles. The summed E-state index contributed by atoms with van der Waals surface area (Å²) in [6.07, 6.45) is 1.15. The average Bonchev–Trinajstić information content (AvgIpc) is 3.09. The van der Waals surface area contributed by atoms with Crippen LogP contribution in [-0.2, 0) is 11.2 Å². The van der Waals surface area contributed by atoms with Gasteiger partial charge in [0, 0.05) is 21.8 Å². The second-order valence-electron chi connectivity index (χ2n) is 5.20. The van der Waals surface area contributed by atoms with E-state index in [0.717, 1.165) is 27.7 Å². The largest absolute Gasteiger partial charge is 0.273 e. The van der Waals surface area contributed by atoms with Gasteiger partial charge in [-0.05, 0) is 24.1 Å². The number of amides is 1. The second kappa shape index (κ2) is 8.08. The molecule has 2 aromatic carbocycles. The van der Waals surface area contributed by atoms with E-state index in [9.17, 15) is 4.79 Å². The third-order valence-corrected chi connectivity index (χ3v) is 4.72. The van der Waals surface area contributed by atoms with Gasteiger partial charge in [0.15, 0.2) is 0 Å². The van der Waals surface area contributed by atoms with Crippen molar-refractivity contribution in [2.75, 3.05) is 5.43 Å². The van der Waals surface area contributed by atoms with Crippen LogP contribution in [-0.4, -0.2) is 10.9 Å². The number of aromatic nitrogens is 1. The van der Waals surface area contributed by atoms with Gasteiger partial charge in [0.25, 0.3) is 0 Å². The molecule has 1 heterocycles. The summed E-state index contributed by atoms with van der Waals surface area (Å²) in [6, 6.07) is 17.9. The van der Waals surface area contributed by atoms with Crippen LogP contribution in [0.3, 0.4) is 0 Å². The molecular formula is C18H16BrN3OS. The Bertz CT molecular complexity index is 803. The van der Waals surface area contributed by atoms with Gasteiger partial charge in [0.2, 0.25) is 11.0 Å². The fraction of sp³-hybridized carbons (Fsp3) is 0.111. The van der Waals surface area contributed by atoms with Gasteiger partial charge >= 0.3 is 0 Å². The van der Waals surface area contributed by atoms with Crippen LogP contribution < -0.4 is 10.9 Å². The fourth-order valence-electron chi connectivity index (χ4n) is 2.17. The molecule has 0 aliphatic rings. The molecule has 122 valence electrons. The van der Waals surface area contributed by atoms with Crippen molar-refractivity contribution in [3.63, 3.8) is 0 Å². The number of thiazole rings is 1. The zero-order valence-corrected chi connectivity index (χ0v) is 15.2. The second-order valence-corrected chi connectivity index (χ2v) is 6.98. The minimum Gasteiger partial charge on any atom is -0.273 e. The summed E-state index contributed by atoms with van der Waals surface area (Å²) in [5, 5.41) is 2.63. The number of halogens is 1. The summed E-state index contributed by atoms with van der Waals surface area (Å²) >= 11 is 4.87. The van der Waals surface area contributed by atoms with Crippen LogP contribution in [0.5, 0.6) is 0 Å². The van der Waals surface area contributed by atoms with Gasteiger partial charge in [-0.3, -0.25) is 15.6 Å². The maximum absolute atomic E-state index is 11.9. The van der Waals surface area contributed by atoms with Gasteiger partial charge in [0.1, 0.15) is 0 Å². The van der Waals surface area contributed by atoms with Crippen molar-refractivity contribution in [3.8, 4) is 11.3 Å². The number of benzene rings is 2. The first-order chi connectivity index (χ1) is 11.7. The molecule has 0 saturated carbocycles. The maximum atomic E-state index is 11.9. The molecule has 6 heteroatoms.